The molecule has 1 heterocycles. The summed E-state index contributed by atoms with van der Waals surface area (Å²) in [6.45, 7) is -0.0872. The molecule has 1 N–H and O–H groups in total. The molecule has 0 radical (unpaired) electrons. The smallest absolute Gasteiger partial charge is 0.178 e. The minimum Gasteiger partial charge on any atom is -0.497 e. The first-order valence-corrected chi connectivity index (χ1v) is 11.0. The Labute approximate surface area is 198 Å². The molecule has 4 aromatic carbocycles. The molecule has 0 bridgehead atoms. The molecule has 1 aliphatic rings. The van der Waals surface area contributed by atoms with Crippen LogP contribution in [0, 0.1) is 0 Å². The molecule has 0 aliphatic carbocycles. The quantitative estimate of drug-likeness (QED) is 0.405. The zero-order chi connectivity index (χ0) is 23.7. The first kappa shape index (κ1) is 21.9. The highest BCUT2D eigenvalue weighted by atomic mass is 16.5. The van der Waals surface area contributed by atoms with E-state index in [1.165, 1.54) is 0 Å². The van der Waals surface area contributed by atoms with E-state index in [1.807, 2.05) is 84.9 Å². The van der Waals surface area contributed by atoms with Crippen LogP contribution in [-0.4, -0.2) is 26.4 Å². The fraction of sp³-hybridized carbons (Fsp3) is 0.172. The lowest BCUT2D eigenvalue weighted by atomic mass is 9.82. The number of benzene rings is 4. The first-order chi connectivity index (χ1) is 16.6. The van der Waals surface area contributed by atoms with Crippen LogP contribution in [0.25, 0.3) is 16.8 Å². The minimum absolute atomic E-state index is 0.0872. The van der Waals surface area contributed by atoms with Gasteiger partial charge >= 0.3 is 0 Å². The zero-order valence-electron chi connectivity index (χ0n) is 19.4. The molecule has 4 aromatic rings. The lowest BCUT2D eigenvalue weighted by molar-refractivity contribution is 0.162. The van der Waals surface area contributed by atoms with Gasteiger partial charge in [0, 0.05) is 22.1 Å². The van der Waals surface area contributed by atoms with Crippen molar-refractivity contribution < 1.29 is 24.1 Å². The zero-order valence-corrected chi connectivity index (χ0v) is 19.4. The van der Waals surface area contributed by atoms with Crippen LogP contribution in [0.2, 0.25) is 0 Å². The number of aliphatic hydroxyl groups is 1. The molecule has 0 spiro atoms. The minimum atomic E-state index is -0.893. The molecule has 0 unspecified atom stereocenters. The molecule has 0 saturated carbocycles. The van der Waals surface area contributed by atoms with Crippen LogP contribution in [0.3, 0.4) is 0 Å². The summed E-state index contributed by atoms with van der Waals surface area (Å²) in [7, 11) is 4.95. The van der Waals surface area contributed by atoms with E-state index in [4.69, 9.17) is 18.9 Å². The normalized spacial score (nSPS) is 13.8. The fourth-order valence-corrected chi connectivity index (χ4v) is 4.51. The van der Waals surface area contributed by atoms with E-state index in [1.54, 1.807) is 21.3 Å². The Morgan fingerprint density at radius 3 is 1.82 bits per heavy atom. The van der Waals surface area contributed by atoms with Crippen molar-refractivity contribution in [1.82, 2.24) is 0 Å². The summed E-state index contributed by atoms with van der Waals surface area (Å²) < 4.78 is 23.2. The average molecular weight is 455 g/mol. The summed E-state index contributed by atoms with van der Waals surface area (Å²) in [5.41, 5.74) is 2.68. The van der Waals surface area contributed by atoms with Crippen LogP contribution >= 0.6 is 0 Å². The van der Waals surface area contributed by atoms with Crippen LogP contribution in [0.15, 0.2) is 78.9 Å². The second-order valence-corrected chi connectivity index (χ2v) is 8.15. The molecule has 5 heteroatoms. The van der Waals surface area contributed by atoms with E-state index in [9.17, 15) is 5.11 Å². The van der Waals surface area contributed by atoms with Gasteiger partial charge in [0.25, 0.3) is 0 Å². The summed E-state index contributed by atoms with van der Waals surface area (Å²) >= 11 is 0. The standard InChI is InChI=1S/C29H26O5/c1-31-23-10-5-21(6-11-23)29(22-7-12-24(32-2)13-8-22)15-14-26-20(18-30)16-19-4-9-25(33-3)17-27(19)28(26)34-29/h4-17,30H,18H2,1-3H3. The molecular weight excluding hydrogens is 428 g/mol. The Balaban J connectivity index is 1.76. The summed E-state index contributed by atoms with van der Waals surface area (Å²) in [5.74, 6) is 2.98. The topological polar surface area (TPSA) is 57.2 Å². The van der Waals surface area contributed by atoms with Crippen molar-refractivity contribution in [3.05, 3.63) is 101 Å². The van der Waals surface area contributed by atoms with Gasteiger partial charge in [-0.2, -0.15) is 0 Å². The summed E-state index contributed by atoms with van der Waals surface area (Å²) in [6.07, 6.45) is 4.09. The number of rotatable bonds is 6. The third-order valence-corrected chi connectivity index (χ3v) is 6.38. The Morgan fingerprint density at radius 1 is 0.735 bits per heavy atom. The third-order valence-electron chi connectivity index (χ3n) is 6.38. The number of methoxy groups -OCH3 is 3. The van der Waals surface area contributed by atoms with Crippen LogP contribution < -0.4 is 18.9 Å². The Kier molecular flexibility index (Phi) is 5.64. The summed E-state index contributed by atoms with van der Waals surface area (Å²) in [5, 5.41) is 12.0. The highest BCUT2D eigenvalue weighted by Crippen LogP contribution is 2.47. The van der Waals surface area contributed by atoms with Crippen molar-refractivity contribution in [2.75, 3.05) is 21.3 Å². The van der Waals surface area contributed by atoms with E-state index in [2.05, 4.69) is 0 Å². The van der Waals surface area contributed by atoms with Gasteiger partial charge in [-0.3, -0.25) is 0 Å². The molecule has 34 heavy (non-hydrogen) atoms. The van der Waals surface area contributed by atoms with Crippen LogP contribution in [0.1, 0.15) is 22.3 Å². The van der Waals surface area contributed by atoms with Crippen molar-refractivity contribution in [3.63, 3.8) is 0 Å². The Bertz CT molecular complexity index is 1310. The molecule has 5 rings (SSSR count). The molecule has 0 atom stereocenters. The van der Waals surface area contributed by atoms with E-state index in [-0.39, 0.29) is 6.61 Å². The highest BCUT2D eigenvalue weighted by Gasteiger charge is 2.38. The highest BCUT2D eigenvalue weighted by molar-refractivity contribution is 5.95. The summed E-state index contributed by atoms with van der Waals surface area (Å²) in [4.78, 5) is 0. The maximum atomic E-state index is 10.1. The number of ether oxygens (including phenoxy) is 4. The molecule has 0 saturated heterocycles. The molecule has 0 aromatic heterocycles. The predicted molar refractivity (Wildman–Crippen MR) is 133 cm³/mol. The fourth-order valence-electron chi connectivity index (χ4n) is 4.51. The Hall–Kier alpha value is -3.96. The van der Waals surface area contributed by atoms with Gasteiger partial charge in [-0.15, -0.1) is 0 Å². The number of hydrogen-bond acceptors (Lipinski definition) is 5. The van der Waals surface area contributed by atoms with Gasteiger partial charge in [0.15, 0.2) is 5.60 Å². The maximum Gasteiger partial charge on any atom is 0.178 e. The lowest BCUT2D eigenvalue weighted by Crippen LogP contribution is -2.34. The van der Waals surface area contributed by atoms with Gasteiger partial charge in [0.05, 0.1) is 27.9 Å². The van der Waals surface area contributed by atoms with E-state index in [0.717, 1.165) is 50.3 Å². The van der Waals surface area contributed by atoms with Crippen LogP contribution in [-0.2, 0) is 12.2 Å². The van der Waals surface area contributed by atoms with Crippen molar-refractivity contribution in [2.24, 2.45) is 0 Å². The number of aliphatic hydroxyl groups excluding tert-OH is 1. The van der Waals surface area contributed by atoms with E-state index < -0.39 is 5.60 Å². The van der Waals surface area contributed by atoms with Gasteiger partial charge in [-0.05, 0) is 59.5 Å². The monoisotopic (exact) mass is 454 g/mol. The SMILES string of the molecule is COc1ccc(C2(c3ccc(OC)cc3)C=Cc3c(CO)cc4ccc(OC)cc4c3O2)cc1. The Morgan fingerprint density at radius 2 is 1.29 bits per heavy atom. The van der Waals surface area contributed by atoms with Gasteiger partial charge in [-0.1, -0.05) is 36.4 Å². The maximum absolute atomic E-state index is 10.1. The van der Waals surface area contributed by atoms with E-state index in [0.29, 0.717) is 5.75 Å². The molecule has 0 fully saturated rings. The average Bonchev–Trinajstić information content (AvgIpc) is 2.92. The van der Waals surface area contributed by atoms with Crippen LogP contribution in [0.4, 0.5) is 0 Å². The summed E-state index contributed by atoms with van der Waals surface area (Å²) in [6, 6.07) is 23.6. The molecule has 0 amide bonds. The number of fused-ring (bicyclic) bond motifs is 3. The molecule has 5 nitrogen and oxygen atoms in total. The van der Waals surface area contributed by atoms with Crippen molar-refractivity contribution >= 4 is 16.8 Å². The molecular formula is C29H26O5. The van der Waals surface area contributed by atoms with Crippen molar-refractivity contribution in [3.8, 4) is 23.0 Å². The largest absolute Gasteiger partial charge is 0.497 e. The van der Waals surface area contributed by atoms with Gasteiger partial charge < -0.3 is 24.1 Å². The van der Waals surface area contributed by atoms with Gasteiger partial charge in [0.1, 0.15) is 23.0 Å². The number of hydrogen-bond donors (Lipinski definition) is 1. The van der Waals surface area contributed by atoms with Crippen LogP contribution in [0.5, 0.6) is 23.0 Å². The predicted octanol–water partition coefficient (Wildman–Crippen LogP) is 5.71. The lowest BCUT2D eigenvalue weighted by Gasteiger charge is -2.37. The van der Waals surface area contributed by atoms with Crippen molar-refractivity contribution in [2.45, 2.75) is 12.2 Å². The second-order valence-electron chi connectivity index (χ2n) is 8.15. The van der Waals surface area contributed by atoms with Gasteiger partial charge in [0.2, 0.25) is 0 Å². The molecule has 172 valence electrons. The second kappa shape index (κ2) is 8.76. The van der Waals surface area contributed by atoms with E-state index >= 15 is 0 Å². The molecule has 1 aliphatic heterocycles. The van der Waals surface area contributed by atoms with Gasteiger partial charge in [-0.25, -0.2) is 0 Å². The first-order valence-electron chi connectivity index (χ1n) is 11.0. The van der Waals surface area contributed by atoms with Crippen molar-refractivity contribution in [1.29, 1.82) is 0 Å². The third kappa shape index (κ3) is 3.55.